The number of halogens is 2. The number of methoxy groups -OCH3 is 1. The fourth-order valence-corrected chi connectivity index (χ4v) is 1.84. The Balaban J connectivity index is 2.17. The first kappa shape index (κ1) is 13.7. The van der Waals surface area contributed by atoms with E-state index in [1.807, 2.05) is 0 Å². The van der Waals surface area contributed by atoms with Crippen LogP contribution in [0.1, 0.15) is 17.4 Å². The van der Waals surface area contributed by atoms with E-state index in [4.69, 9.17) is 16.3 Å². The van der Waals surface area contributed by atoms with E-state index in [2.05, 4.69) is 9.97 Å². The molecule has 0 amide bonds. The quantitative estimate of drug-likeness (QED) is 0.936. The number of benzene rings is 1. The average Bonchev–Trinajstić information content (AvgIpc) is 2.38. The van der Waals surface area contributed by atoms with Crippen LogP contribution in [-0.2, 0) is 6.42 Å². The molecule has 4 nitrogen and oxygen atoms in total. The number of hydrogen-bond donors (Lipinski definition) is 1. The molecule has 0 bridgehead atoms. The van der Waals surface area contributed by atoms with Gasteiger partial charge in [-0.25, -0.2) is 14.4 Å². The van der Waals surface area contributed by atoms with Crippen molar-refractivity contribution >= 4 is 11.6 Å². The van der Waals surface area contributed by atoms with Gasteiger partial charge in [-0.1, -0.05) is 17.7 Å². The van der Waals surface area contributed by atoms with E-state index in [1.165, 1.54) is 31.6 Å². The number of rotatable bonds is 4. The molecule has 0 fully saturated rings. The summed E-state index contributed by atoms with van der Waals surface area (Å²) in [6, 6.07) is 5.75. The molecule has 6 heteroatoms. The van der Waals surface area contributed by atoms with Crippen molar-refractivity contribution in [2.75, 3.05) is 7.11 Å². The van der Waals surface area contributed by atoms with Gasteiger partial charge in [-0.15, -0.1) is 0 Å². The van der Waals surface area contributed by atoms with Gasteiger partial charge < -0.3 is 9.84 Å². The van der Waals surface area contributed by atoms with Crippen LogP contribution >= 0.6 is 11.6 Å². The number of hydrogen-bond acceptors (Lipinski definition) is 4. The molecule has 2 rings (SSSR count). The van der Waals surface area contributed by atoms with E-state index in [9.17, 15) is 9.50 Å². The lowest BCUT2D eigenvalue weighted by Gasteiger charge is -2.12. The fourth-order valence-electron chi connectivity index (χ4n) is 1.68. The molecule has 0 saturated heterocycles. The summed E-state index contributed by atoms with van der Waals surface area (Å²) in [6.07, 6.45) is 0.494. The first-order valence-corrected chi connectivity index (χ1v) is 5.96. The third kappa shape index (κ3) is 3.39. The molecular formula is C13H12ClFN2O2. The lowest BCUT2D eigenvalue weighted by Crippen LogP contribution is -2.06. The monoisotopic (exact) mass is 282 g/mol. The maximum absolute atomic E-state index is 13.6. The molecule has 1 N–H and O–H groups in total. The van der Waals surface area contributed by atoms with Crippen LogP contribution in [0.25, 0.3) is 0 Å². The Bertz CT molecular complexity index is 580. The fraction of sp³-hybridized carbons (Fsp3) is 0.231. The first-order chi connectivity index (χ1) is 9.10. The van der Waals surface area contributed by atoms with Gasteiger partial charge in [-0.05, 0) is 12.1 Å². The minimum atomic E-state index is -1.00. The number of ether oxygens (including phenoxy) is 1. The highest BCUT2D eigenvalue weighted by Gasteiger charge is 2.15. The highest BCUT2D eigenvalue weighted by atomic mass is 35.5. The van der Waals surface area contributed by atoms with Gasteiger partial charge in [0.2, 0.25) is 5.88 Å². The van der Waals surface area contributed by atoms with Crippen molar-refractivity contribution < 1.29 is 14.2 Å². The van der Waals surface area contributed by atoms with Gasteiger partial charge in [0.25, 0.3) is 0 Å². The van der Waals surface area contributed by atoms with Gasteiger partial charge in [0, 0.05) is 23.1 Å². The molecule has 100 valence electrons. The molecule has 1 atom stereocenters. The van der Waals surface area contributed by atoms with Crippen molar-refractivity contribution in [2.24, 2.45) is 0 Å². The molecule has 0 aliphatic carbocycles. The van der Waals surface area contributed by atoms with Gasteiger partial charge in [-0.2, -0.15) is 0 Å². The predicted molar refractivity (Wildman–Crippen MR) is 68.7 cm³/mol. The topological polar surface area (TPSA) is 55.2 Å². The van der Waals surface area contributed by atoms with E-state index in [1.54, 1.807) is 6.07 Å². The Hall–Kier alpha value is -1.72. The van der Waals surface area contributed by atoms with E-state index in [0.717, 1.165) is 0 Å². The maximum atomic E-state index is 13.6. The smallest absolute Gasteiger partial charge is 0.216 e. The highest BCUT2D eigenvalue weighted by molar-refractivity contribution is 6.30. The second-order valence-corrected chi connectivity index (χ2v) is 4.37. The Morgan fingerprint density at radius 2 is 2.16 bits per heavy atom. The molecule has 19 heavy (non-hydrogen) atoms. The van der Waals surface area contributed by atoms with Crippen LogP contribution < -0.4 is 4.74 Å². The maximum Gasteiger partial charge on any atom is 0.216 e. The highest BCUT2D eigenvalue weighted by Crippen LogP contribution is 2.23. The third-order valence-corrected chi connectivity index (χ3v) is 2.87. The summed E-state index contributed by atoms with van der Waals surface area (Å²) in [5, 5.41) is 10.3. The summed E-state index contributed by atoms with van der Waals surface area (Å²) in [5.74, 6) is -0.144. The van der Waals surface area contributed by atoms with E-state index in [0.29, 0.717) is 11.6 Å². The normalized spacial score (nSPS) is 12.2. The Morgan fingerprint density at radius 1 is 1.37 bits per heavy atom. The summed E-state index contributed by atoms with van der Waals surface area (Å²) in [6.45, 7) is 0. The largest absolute Gasteiger partial charge is 0.481 e. The van der Waals surface area contributed by atoms with Crippen LogP contribution in [0.3, 0.4) is 0 Å². The van der Waals surface area contributed by atoms with Gasteiger partial charge in [0.1, 0.15) is 12.1 Å². The number of aliphatic hydroxyl groups excluding tert-OH is 1. The molecule has 0 aliphatic heterocycles. The Morgan fingerprint density at radius 3 is 2.84 bits per heavy atom. The van der Waals surface area contributed by atoms with Crippen LogP contribution in [-0.4, -0.2) is 22.2 Å². The molecule has 0 radical (unpaired) electrons. The van der Waals surface area contributed by atoms with Gasteiger partial charge in [0.05, 0.1) is 18.9 Å². The van der Waals surface area contributed by atoms with Crippen molar-refractivity contribution in [1.82, 2.24) is 9.97 Å². The lowest BCUT2D eigenvalue weighted by molar-refractivity contribution is 0.172. The van der Waals surface area contributed by atoms with E-state index in [-0.39, 0.29) is 17.0 Å². The molecule has 1 aromatic heterocycles. The third-order valence-electron chi connectivity index (χ3n) is 2.63. The van der Waals surface area contributed by atoms with Crippen LogP contribution in [0, 0.1) is 5.82 Å². The zero-order valence-electron chi connectivity index (χ0n) is 10.2. The van der Waals surface area contributed by atoms with Crippen molar-refractivity contribution in [1.29, 1.82) is 0 Å². The van der Waals surface area contributed by atoms with Crippen molar-refractivity contribution in [2.45, 2.75) is 12.5 Å². The SMILES string of the molecule is COc1cc(CC(O)c2ccc(Cl)cc2F)ncn1. The molecular weight excluding hydrogens is 271 g/mol. The summed E-state index contributed by atoms with van der Waals surface area (Å²) in [7, 11) is 1.49. The summed E-state index contributed by atoms with van der Waals surface area (Å²) in [4.78, 5) is 7.86. The minimum absolute atomic E-state index is 0.164. The molecule has 0 aliphatic rings. The van der Waals surface area contributed by atoms with Crippen LogP contribution in [0.4, 0.5) is 4.39 Å². The second-order valence-electron chi connectivity index (χ2n) is 3.94. The number of nitrogens with zero attached hydrogens (tertiary/aromatic N) is 2. The average molecular weight is 283 g/mol. The molecule has 0 saturated carbocycles. The minimum Gasteiger partial charge on any atom is -0.481 e. The van der Waals surface area contributed by atoms with Gasteiger partial charge >= 0.3 is 0 Å². The van der Waals surface area contributed by atoms with Crippen LogP contribution in [0.5, 0.6) is 5.88 Å². The molecule has 0 spiro atoms. The molecule has 1 heterocycles. The Kier molecular flexibility index (Phi) is 4.29. The van der Waals surface area contributed by atoms with E-state index < -0.39 is 11.9 Å². The Labute approximate surface area is 114 Å². The summed E-state index contributed by atoms with van der Waals surface area (Å²) in [5.41, 5.74) is 0.746. The molecule has 2 aromatic rings. The van der Waals surface area contributed by atoms with Gasteiger partial charge in [-0.3, -0.25) is 0 Å². The zero-order valence-corrected chi connectivity index (χ0v) is 10.9. The number of aliphatic hydroxyl groups is 1. The van der Waals surface area contributed by atoms with Crippen LogP contribution in [0.15, 0.2) is 30.6 Å². The summed E-state index contributed by atoms with van der Waals surface area (Å²) >= 11 is 5.66. The first-order valence-electron chi connectivity index (χ1n) is 5.58. The predicted octanol–water partition coefficient (Wildman–Crippen LogP) is 2.55. The van der Waals surface area contributed by atoms with Crippen molar-refractivity contribution in [3.8, 4) is 5.88 Å². The van der Waals surface area contributed by atoms with Gasteiger partial charge in [0.15, 0.2) is 0 Å². The zero-order chi connectivity index (χ0) is 13.8. The van der Waals surface area contributed by atoms with Crippen molar-refractivity contribution in [3.05, 3.63) is 52.7 Å². The summed E-state index contributed by atoms with van der Waals surface area (Å²) < 4.78 is 18.6. The van der Waals surface area contributed by atoms with E-state index >= 15 is 0 Å². The number of aromatic nitrogens is 2. The van der Waals surface area contributed by atoms with Crippen molar-refractivity contribution in [3.63, 3.8) is 0 Å². The molecule has 1 aromatic carbocycles. The standard InChI is InChI=1S/C13H12ClFN2O2/c1-19-13-6-9(16-7-17-13)5-12(18)10-3-2-8(14)4-11(10)15/h2-4,6-7,12,18H,5H2,1H3. The van der Waals surface area contributed by atoms with Crippen LogP contribution in [0.2, 0.25) is 5.02 Å². The molecule has 1 unspecified atom stereocenters. The lowest BCUT2D eigenvalue weighted by atomic mass is 10.0. The second kappa shape index (κ2) is 5.95.